The first-order chi connectivity index (χ1) is 8.76. The van der Waals surface area contributed by atoms with Crippen molar-refractivity contribution in [3.63, 3.8) is 0 Å². The van der Waals surface area contributed by atoms with Gasteiger partial charge in [-0.2, -0.15) is 0 Å². The highest BCUT2D eigenvalue weighted by atomic mass is 16.5. The molecule has 3 heteroatoms. The van der Waals surface area contributed by atoms with Crippen molar-refractivity contribution < 1.29 is 9.47 Å². The second-order valence-corrected chi connectivity index (χ2v) is 4.36. The van der Waals surface area contributed by atoms with Crippen LogP contribution >= 0.6 is 0 Å². The molecule has 3 nitrogen and oxygen atoms in total. The minimum Gasteiger partial charge on any atom is -0.494 e. The zero-order valence-corrected chi connectivity index (χ0v) is 11.7. The Morgan fingerprint density at radius 1 is 1.17 bits per heavy atom. The van der Waals surface area contributed by atoms with E-state index in [0.717, 1.165) is 37.5 Å². The van der Waals surface area contributed by atoms with Crippen molar-refractivity contribution in [2.24, 2.45) is 0 Å². The van der Waals surface area contributed by atoms with Gasteiger partial charge in [-0.3, -0.25) is 0 Å². The lowest BCUT2D eigenvalue weighted by atomic mass is 10.2. The summed E-state index contributed by atoms with van der Waals surface area (Å²) in [6.45, 7) is 8.79. The molecule has 0 aliphatic rings. The van der Waals surface area contributed by atoms with Crippen LogP contribution in [0, 0.1) is 0 Å². The van der Waals surface area contributed by atoms with Crippen LogP contribution in [-0.2, 0) is 0 Å². The molecule has 1 aromatic carbocycles. The summed E-state index contributed by atoms with van der Waals surface area (Å²) < 4.78 is 11.1. The summed E-state index contributed by atoms with van der Waals surface area (Å²) >= 11 is 0. The van der Waals surface area contributed by atoms with Crippen LogP contribution in [0.3, 0.4) is 0 Å². The Labute approximate surface area is 110 Å². The first-order valence-electron chi connectivity index (χ1n) is 6.85. The molecule has 1 unspecified atom stereocenters. The smallest absolute Gasteiger partial charge is 0.122 e. The van der Waals surface area contributed by atoms with Crippen molar-refractivity contribution >= 4 is 0 Å². The first kappa shape index (κ1) is 14.8. The number of ether oxygens (including phenoxy) is 2. The number of benzene rings is 1. The van der Waals surface area contributed by atoms with E-state index in [4.69, 9.17) is 9.47 Å². The van der Waals surface area contributed by atoms with Crippen molar-refractivity contribution in [3.8, 4) is 11.5 Å². The van der Waals surface area contributed by atoms with E-state index >= 15 is 0 Å². The molecule has 0 radical (unpaired) electrons. The van der Waals surface area contributed by atoms with Crippen LogP contribution in [0.5, 0.6) is 11.5 Å². The highest BCUT2D eigenvalue weighted by Crippen LogP contribution is 2.19. The minimum atomic E-state index is 0.563. The van der Waals surface area contributed by atoms with Gasteiger partial charge in [-0.1, -0.05) is 13.0 Å². The molecule has 0 aromatic heterocycles. The highest BCUT2D eigenvalue weighted by Gasteiger charge is 2.00. The Morgan fingerprint density at radius 2 is 1.89 bits per heavy atom. The summed E-state index contributed by atoms with van der Waals surface area (Å²) in [6, 6.07) is 8.38. The van der Waals surface area contributed by atoms with Gasteiger partial charge in [-0.05, 0) is 45.4 Å². The van der Waals surface area contributed by atoms with Crippen LogP contribution in [-0.4, -0.2) is 25.8 Å². The van der Waals surface area contributed by atoms with Crippen LogP contribution in [0.2, 0.25) is 0 Å². The lowest BCUT2D eigenvalue weighted by Gasteiger charge is -2.12. The average molecular weight is 251 g/mol. The van der Waals surface area contributed by atoms with Crippen molar-refractivity contribution in [2.45, 2.75) is 39.7 Å². The number of rotatable bonds is 9. The minimum absolute atomic E-state index is 0.563. The molecular formula is C15H25NO2. The summed E-state index contributed by atoms with van der Waals surface area (Å²) in [5.74, 6) is 1.76. The van der Waals surface area contributed by atoms with E-state index in [2.05, 4.69) is 19.2 Å². The number of hydrogen-bond acceptors (Lipinski definition) is 3. The fraction of sp³-hybridized carbons (Fsp3) is 0.600. The van der Waals surface area contributed by atoms with Crippen LogP contribution in [0.4, 0.5) is 0 Å². The predicted molar refractivity (Wildman–Crippen MR) is 75.5 cm³/mol. The maximum Gasteiger partial charge on any atom is 0.122 e. The molecule has 0 spiro atoms. The molecule has 0 saturated carbocycles. The molecule has 1 atom stereocenters. The van der Waals surface area contributed by atoms with Crippen LogP contribution in [0.1, 0.15) is 33.6 Å². The second-order valence-electron chi connectivity index (χ2n) is 4.36. The summed E-state index contributed by atoms with van der Waals surface area (Å²) in [6.07, 6.45) is 2.20. The zero-order chi connectivity index (χ0) is 13.2. The third kappa shape index (κ3) is 5.92. The van der Waals surface area contributed by atoms with Gasteiger partial charge in [0.2, 0.25) is 0 Å². The van der Waals surface area contributed by atoms with Crippen LogP contribution < -0.4 is 14.8 Å². The average Bonchev–Trinajstić information content (AvgIpc) is 2.36. The molecule has 1 rings (SSSR count). The standard InChI is InChI=1S/C15H25NO2/c1-4-16-13(3)8-7-11-18-15-10-6-9-14(12-15)17-5-2/h6,9-10,12-13,16H,4-5,7-8,11H2,1-3H3. The summed E-state index contributed by atoms with van der Waals surface area (Å²) in [4.78, 5) is 0. The molecule has 18 heavy (non-hydrogen) atoms. The number of nitrogens with one attached hydrogen (secondary N) is 1. The van der Waals surface area contributed by atoms with Crippen molar-refractivity contribution in [1.82, 2.24) is 5.32 Å². The molecule has 0 aliphatic carbocycles. The Bertz CT molecular complexity index is 328. The maximum absolute atomic E-state index is 5.71. The van der Waals surface area contributed by atoms with E-state index in [1.54, 1.807) is 0 Å². The van der Waals surface area contributed by atoms with E-state index in [1.165, 1.54) is 0 Å². The lowest BCUT2D eigenvalue weighted by Crippen LogP contribution is -2.25. The fourth-order valence-electron chi connectivity index (χ4n) is 1.85. The summed E-state index contributed by atoms with van der Waals surface area (Å²) in [5, 5.41) is 3.39. The predicted octanol–water partition coefficient (Wildman–Crippen LogP) is 3.24. The molecule has 0 amide bonds. The molecule has 1 aromatic rings. The largest absolute Gasteiger partial charge is 0.494 e. The van der Waals surface area contributed by atoms with Crippen molar-refractivity contribution in [2.75, 3.05) is 19.8 Å². The van der Waals surface area contributed by atoms with Crippen LogP contribution in [0.25, 0.3) is 0 Å². The molecule has 0 bridgehead atoms. The molecule has 102 valence electrons. The SMILES string of the molecule is CCNC(C)CCCOc1cccc(OCC)c1. The Hall–Kier alpha value is -1.22. The molecule has 0 aliphatic heterocycles. The van der Waals surface area contributed by atoms with E-state index < -0.39 is 0 Å². The lowest BCUT2D eigenvalue weighted by molar-refractivity contribution is 0.293. The third-order valence-corrected chi connectivity index (χ3v) is 2.72. The molecular weight excluding hydrogens is 226 g/mol. The quantitative estimate of drug-likeness (QED) is 0.683. The van der Waals surface area contributed by atoms with Gasteiger partial charge in [0.1, 0.15) is 11.5 Å². The molecule has 0 saturated heterocycles. The van der Waals surface area contributed by atoms with Crippen molar-refractivity contribution in [1.29, 1.82) is 0 Å². The Kier molecular flexibility index (Phi) is 7.26. The van der Waals surface area contributed by atoms with Gasteiger partial charge in [0.25, 0.3) is 0 Å². The monoisotopic (exact) mass is 251 g/mol. The Morgan fingerprint density at radius 3 is 2.56 bits per heavy atom. The van der Waals surface area contributed by atoms with Crippen molar-refractivity contribution in [3.05, 3.63) is 24.3 Å². The van der Waals surface area contributed by atoms with E-state index in [9.17, 15) is 0 Å². The van der Waals surface area contributed by atoms with Gasteiger partial charge < -0.3 is 14.8 Å². The van der Waals surface area contributed by atoms with E-state index in [1.807, 2.05) is 31.2 Å². The third-order valence-electron chi connectivity index (χ3n) is 2.72. The number of hydrogen-bond donors (Lipinski definition) is 1. The van der Waals surface area contributed by atoms with Gasteiger partial charge >= 0.3 is 0 Å². The van der Waals surface area contributed by atoms with Gasteiger partial charge in [-0.25, -0.2) is 0 Å². The topological polar surface area (TPSA) is 30.5 Å². The van der Waals surface area contributed by atoms with Gasteiger partial charge in [0.15, 0.2) is 0 Å². The van der Waals surface area contributed by atoms with E-state index in [0.29, 0.717) is 12.6 Å². The van der Waals surface area contributed by atoms with Gasteiger partial charge in [0.05, 0.1) is 13.2 Å². The Balaban J connectivity index is 2.24. The summed E-state index contributed by atoms with van der Waals surface area (Å²) in [5.41, 5.74) is 0. The second kappa shape index (κ2) is 8.81. The normalized spacial score (nSPS) is 12.2. The maximum atomic E-state index is 5.71. The molecule has 0 heterocycles. The van der Waals surface area contributed by atoms with E-state index in [-0.39, 0.29) is 0 Å². The molecule has 1 N–H and O–H groups in total. The molecule has 0 fully saturated rings. The van der Waals surface area contributed by atoms with Gasteiger partial charge in [0, 0.05) is 12.1 Å². The summed E-state index contributed by atoms with van der Waals surface area (Å²) in [7, 11) is 0. The van der Waals surface area contributed by atoms with Crippen LogP contribution in [0.15, 0.2) is 24.3 Å². The van der Waals surface area contributed by atoms with Gasteiger partial charge in [-0.15, -0.1) is 0 Å². The first-order valence-corrected chi connectivity index (χ1v) is 6.85. The fourth-order valence-corrected chi connectivity index (χ4v) is 1.85. The highest BCUT2D eigenvalue weighted by molar-refractivity contribution is 5.32. The zero-order valence-electron chi connectivity index (χ0n) is 11.7.